The zero-order valence-electron chi connectivity index (χ0n) is 11.7. The molecule has 0 saturated heterocycles. The van der Waals surface area contributed by atoms with E-state index in [0.717, 1.165) is 11.8 Å². The summed E-state index contributed by atoms with van der Waals surface area (Å²) in [6.45, 7) is 0.181. The van der Waals surface area contributed by atoms with E-state index in [0.29, 0.717) is 11.3 Å². The molecule has 0 aromatic heterocycles. The lowest BCUT2D eigenvalue weighted by molar-refractivity contribution is -0.394. The number of rotatable bonds is 6. The van der Waals surface area contributed by atoms with Gasteiger partial charge in [-0.2, -0.15) is 0 Å². The topological polar surface area (TPSA) is 108 Å². The van der Waals surface area contributed by atoms with Crippen LogP contribution in [0.1, 0.15) is 5.56 Å². The van der Waals surface area contributed by atoms with E-state index in [1.807, 2.05) is 0 Å². The highest BCUT2D eigenvalue weighted by Gasteiger charge is 2.18. The van der Waals surface area contributed by atoms with E-state index in [4.69, 9.17) is 4.74 Å². The molecule has 2 aromatic rings. The van der Waals surface area contributed by atoms with E-state index < -0.39 is 9.85 Å². The molecule has 0 aliphatic rings. The summed E-state index contributed by atoms with van der Waals surface area (Å²) in [5.41, 5.74) is 0.537. The lowest BCUT2D eigenvalue weighted by Crippen LogP contribution is -2.04. The molecule has 0 aliphatic carbocycles. The van der Waals surface area contributed by atoms with Crippen molar-refractivity contribution in [2.45, 2.75) is 6.54 Å². The molecule has 2 aromatic carbocycles. The molecule has 0 unspecified atom stereocenters. The van der Waals surface area contributed by atoms with Gasteiger partial charge in [0, 0.05) is 23.9 Å². The molecule has 0 bridgehead atoms. The Morgan fingerprint density at radius 3 is 2.27 bits per heavy atom. The van der Waals surface area contributed by atoms with Crippen molar-refractivity contribution in [2.75, 3.05) is 12.4 Å². The maximum atomic E-state index is 11.0. The third-order valence-corrected chi connectivity index (χ3v) is 3.05. The van der Waals surface area contributed by atoms with Crippen LogP contribution in [-0.4, -0.2) is 17.0 Å². The quantitative estimate of drug-likeness (QED) is 0.648. The van der Waals surface area contributed by atoms with E-state index >= 15 is 0 Å². The van der Waals surface area contributed by atoms with Gasteiger partial charge in [-0.3, -0.25) is 20.2 Å². The molecular formula is C14H13N3O5. The molecule has 0 atom stereocenters. The molecule has 0 radical (unpaired) electrons. The Morgan fingerprint density at radius 2 is 1.73 bits per heavy atom. The number of anilines is 1. The van der Waals surface area contributed by atoms with Gasteiger partial charge in [-0.05, 0) is 30.3 Å². The van der Waals surface area contributed by atoms with Gasteiger partial charge in [0.05, 0.1) is 23.0 Å². The van der Waals surface area contributed by atoms with Crippen LogP contribution in [0.5, 0.6) is 5.75 Å². The molecule has 0 fully saturated rings. The van der Waals surface area contributed by atoms with Crippen molar-refractivity contribution < 1.29 is 14.6 Å². The summed E-state index contributed by atoms with van der Waals surface area (Å²) < 4.78 is 5.04. The zero-order valence-corrected chi connectivity index (χ0v) is 11.7. The van der Waals surface area contributed by atoms with E-state index in [2.05, 4.69) is 5.32 Å². The molecule has 8 nitrogen and oxygen atoms in total. The standard InChI is InChI=1S/C14H13N3O5/c1-22-13-6-3-11(4-7-13)15-9-10-2-5-12(16(18)19)8-14(10)17(20)21/h2-8,15H,9H2,1H3. The Morgan fingerprint density at radius 1 is 1.05 bits per heavy atom. The van der Waals surface area contributed by atoms with Crippen molar-refractivity contribution in [1.29, 1.82) is 0 Å². The first-order valence-corrected chi connectivity index (χ1v) is 6.31. The van der Waals surface area contributed by atoms with Crippen LogP contribution in [0.2, 0.25) is 0 Å². The van der Waals surface area contributed by atoms with Gasteiger partial charge in [-0.1, -0.05) is 0 Å². The van der Waals surface area contributed by atoms with Crippen molar-refractivity contribution in [2.24, 2.45) is 0 Å². The average Bonchev–Trinajstić information content (AvgIpc) is 2.53. The average molecular weight is 303 g/mol. The predicted octanol–water partition coefficient (Wildman–Crippen LogP) is 3.12. The molecule has 8 heteroatoms. The molecule has 0 spiro atoms. The number of non-ortho nitro benzene ring substituents is 1. The Labute approximate surface area is 125 Å². The Kier molecular flexibility index (Phi) is 4.52. The van der Waals surface area contributed by atoms with Gasteiger partial charge in [-0.15, -0.1) is 0 Å². The highest BCUT2D eigenvalue weighted by molar-refractivity contribution is 5.52. The first-order valence-electron chi connectivity index (χ1n) is 6.31. The van der Waals surface area contributed by atoms with Crippen molar-refractivity contribution in [1.82, 2.24) is 0 Å². The Bertz CT molecular complexity index is 700. The summed E-state index contributed by atoms with van der Waals surface area (Å²) in [5, 5.41) is 24.7. The number of nitro groups is 2. The minimum absolute atomic E-state index is 0.181. The van der Waals surface area contributed by atoms with Gasteiger partial charge in [0.25, 0.3) is 11.4 Å². The van der Waals surface area contributed by atoms with Crippen molar-refractivity contribution in [3.05, 3.63) is 68.3 Å². The van der Waals surface area contributed by atoms with Crippen LogP contribution in [0.4, 0.5) is 17.1 Å². The number of nitrogens with one attached hydrogen (secondary N) is 1. The number of methoxy groups -OCH3 is 1. The maximum Gasteiger partial charge on any atom is 0.281 e. The highest BCUT2D eigenvalue weighted by Crippen LogP contribution is 2.25. The lowest BCUT2D eigenvalue weighted by atomic mass is 10.1. The fourth-order valence-electron chi connectivity index (χ4n) is 1.89. The SMILES string of the molecule is COc1ccc(NCc2ccc([N+](=O)[O-])cc2[N+](=O)[O-])cc1. The van der Waals surface area contributed by atoms with E-state index in [9.17, 15) is 20.2 Å². The molecule has 2 rings (SSSR count). The zero-order chi connectivity index (χ0) is 16.1. The summed E-state index contributed by atoms with van der Waals surface area (Å²) in [7, 11) is 1.56. The monoisotopic (exact) mass is 303 g/mol. The lowest BCUT2D eigenvalue weighted by Gasteiger charge is -2.08. The fraction of sp³-hybridized carbons (Fsp3) is 0.143. The first kappa shape index (κ1) is 15.2. The summed E-state index contributed by atoms with van der Waals surface area (Å²) in [5.74, 6) is 0.701. The fourth-order valence-corrected chi connectivity index (χ4v) is 1.89. The molecule has 0 amide bonds. The third kappa shape index (κ3) is 3.48. The maximum absolute atomic E-state index is 11.0. The van der Waals surface area contributed by atoms with Gasteiger partial charge in [-0.25, -0.2) is 0 Å². The number of benzene rings is 2. The van der Waals surface area contributed by atoms with Crippen LogP contribution < -0.4 is 10.1 Å². The molecule has 1 N–H and O–H groups in total. The molecule has 0 aliphatic heterocycles. The van der Waals surface area contributed by atoms with Crippen LogP contribution in [-0.2, 0) is 6.54 Å². The van der Waals surface area contributed by atoms with Crippen LogP contribution in [0.3, 0.4) is 0 Å². The number of hydrogen-bond donors (Lipinski definition) is 1. The number of ether oxygens (including phenoxy) is 1. The summed E-state index contributed by atoms with van der Waals surface area (Å²) in [4.78, 5) is 20.4. The van der Waals surface area contributed by atoms with Gasteiger partial charge in [0.15, 0.2) is 0 Å². The predicted molar refractivity (Wildman–Crippen MR) is 80.1 cm³/mol. The highest BCUT2D eigenvalue weighted by atomic mass is 16.6. The van der Waals surface area contributed by atoms with Crippen molar-refractivity contribution >= 4 is 17.1 Å². The Hall–Kier alpha value is -3.16. The number of hydrogen-bond acceptors (Lipinski definition) is 6. The summed E-state index contributed by atoms with van der Waals surface area (Å²) in [6.07, 6.45) is 0. The molecule has 0 saturated carbocycles. The van der Waals surface area contributed by atoms with Gasteiger partial charge in [0.2, 0.25) is 0 Å². The smallest absolute Gasteiger partial charge is 0.281 e. The minimum atomic E-state index is -0.659. The van der Waals surface area contributed by atoms with Gasteiger partial charge < -0.3 is 10.1 Å². The largest absolute Gasteiger partial charge is 0.497 e. The van der Waals surface area contributed by atoms with E-state index in [1.54, 1.807) is 31.4 Å². The first-order chi connectivity index (χ1) is 10.5. The molecular weight excluding hydrogens is 290 g/mol. The summed E-state index contributed by atoms with van der Waals surface area (Å²) >= 11 is 0. The van der Waals surface area contributed by atoms with Crippen LogP contribution in [0.15, 0.2) is 42.5 Å². The molecule has 0 heterocycles. The minimum Gasteiger partial charge on any atom is -0.497 e. The van der Waals surface area contributed by atoms with Crippen LogP contribution in [0, 0.1) is 20.2 Å². The third-order valence-electron chi connectivity index (χ3n) is 3.05. The van der Waals surface area contributed by atoms with Crippen molar-refractivity contribution in [3.8, 4) is 5.75 Å². The van der Waals surface area contributed by atoms with Crippen molar-refractivity contribution in [3.63, 3.8) is 0 Å². The van der Waals surface area contributed by atoms with E-state index in [-0.39, 0.29) is 17.9 Å². The van der Waals surface area contributed by atoms with Gasteiger partial charge in [0.1, 0.15) is 5.75 Å². The second kappa shape index (κ2) is 6.53. The van der Waals surface area contributed by atoms with Gasteiger partial charge >= 0.3 is 0 Å². The Balaban J connectivity index is 2.17. The number of nitrogens with zero attached hydrogens (tertiary/aromatic N) is 2. The van der Waals surface area contributed by atoms with Crippen LogP contribution >= 0.6 is 0 Å². The van der Waals surface area contributed by atoms with E-state index in [1.165, 1.54) is 12.1 Å². The molecule has 114 valence electrons. The number of nitro benzene ring substituents is 2. The van der Waals surface area contributed by atoms with Crippen LogP contribution in [0.25, 0.3) is 0 Å². The normalized spacial score (nSPS) is 10.0. The second-order valence-corrected chi connectivity index (χ2v) is 4.41. The molecule has 22 heavy (non-hydrogen) atoms. The summed E-state index contributed by atoms with van der Waals surface area (Å²) in [6, 6.07) is 10.7. The second-order valence-electron chi connectivity index (χ2n) is 4.41.